The first-order valence-electron chi connectivity index (χ1n) is 9.02. The predicted octanol–water partition coefficient (Wildman–Crippen LogP) is 3.75. The smallest absolute Gasteiger partial charge is 0.352 e. The Morgan fingerprint density at radius 2 is 1.97 bits per heavy atom. The number of amides is 1. The SMILES string of the molecule is Cc1nn(-c2ccnc(Cc3cc(F)c(F)c(C(F)(F)F)c3)c2)c2c1C(=O)NCC2. The zero-order valence-corrected chi connectivity index (χ0v) is 15.6. The molecule has 5 nitrogen and oxygen atoms in total. The molecule has 4 rings (SSSR count). The number of aryl methyl sites for hydroxylation is 1. The molecule has 0 fully saturated rings. The molecule has 0 aliphatic carbocycles. The maximum Gasteiger partial charge on any atom is 0.419 e. The Labute approximate surface area is 167 Å². The van der Waals surface area contributed by atoms with Crippen LogP contribution in [0.3, 0.4) is 0 Å². The quantitative estimate of drug-likeness (QED) is 0.654. The molecule has 0 spiro atoms. The van der Waals surface area contributed by atoms with Crippen LogP contribution in [-0.2, 0) is 19.0 Å². The molecule has 2 aromatic heterocycles. The predicted molar refractivity (Wildman–Crippen MR) is 96.3 cm³/mol. The Balaban J connectivity index is 1.70. The molecule has 1 amide bonds. The third-order valence-electron chi connectivity index (χ3n) is 4.85. The maximum atomic E-state index is 13.7. The Kier molecular flexibility index (Phi) is 4.79. The summed E-state index contributed by atoms with van der Waals surface area (Å²) in [7, 11) is 0. The zero-order valence-electron chi connectivity index (χ0n) is 15.6. The number of benzene rings is 1. The number of carbonyl (C=O) groups excluding carboxylic acids is 1. The summed E-state index contributed by atoms with van der Waals surface area (Å²) in [6.45, 7) is 2.17. The van der Waals surface area contributed by atoms with Gasteiger partial charge in [0.2, 0.25) is 0 Å². The van der Waals surface area contributed by atoms with Crippen LogP contribution in [0.5, 0.6) is 0 Å². The molecule has 0 radical (unpaired) electrons. The molecule has 0 atom stereocenters. The summed E-state index contributed by atoms with van der Waals surface area (Å²) in [5.74, 6) is -3.71. The van der Waals surface area contributed by atoms with E-state index in [1.807, 2.05) is 0 Å². The first-order chi connectivity index (χ1) is 14.1. The maximum absolute atomic E-state index is 13.7. The Bertz CT molecular complexity index is 1150. The zero-order chi connectivity index (χ0) is 21.6. The molecule has 1 aromatic carbocycles. The van der Waals surface area contributed by atoms with E-state index in [1.54, 1.807) is 23.7 Å². The number of aromatic nitrogens is 3. The summed E-state index contributed by atoms with van der Waals surface area (Å²) in [5, 5.41) is 7.16. The van der Waals surface area contributed by atoms with Gasteiger partial charge in [-0.15, -0.1) is 0 Å². The van der Waals surface area contributed by atoms with Gasteiger partial charge in [-0.05, 0) is 36.8 Å². The highest BCUT2D eigenvalue weighted by Gasteiger charge is 2.36. The molecule has 30 heavy (non-hydrogen) atoms. The number of pyridine rings is 1. The second-order valence-corrected chi connectivity index (χ2v) is 6.94. The lowest BCUT2D eigenvalue weighted by atomic mass is 10.0. The van der Waals surface area contributed by atoms with Crippen molar-refractivity contribution >= 4 is 5.91 Å². The van der Waals surface area contributed by atoms with Crippen molar-refractivity contribution < 1.29 is 26.7 Å². The van der Waals surface area contributed by atoms with Gasteiger partial charge < -0.3 is 5.32 Å². The number of halogens is 5. The van der Waals surface area contributed by atoms with Gasteiger partial charge in [-0.25, -0.2) is 13.5 Å². The van der Waals surface area contributed by atoms with Crippen molar-refractivity contribution in [2.75, 3.05) is 6.54 Å². The standard InChI is InChI=1S/C20H15F5N4O/c1-10-17-16(3-5-27-19(17)30)29(28-10)13-2-4-26-12(9-13)6-11-7-14(20(23,24)25)18(22)15(21)8-11/h2,4,7-9H,3,5-6H2,1H3,(H,27,30). The molecule has 0 unspecified atom stereocenters. The van der Waals surface area contributed by atoms with Gasteiger partial charge in [-0.2, -0.15) is 18.3 Å². The number of rotatable bonds is 3. The molecule has 0 saturated heterocycles. The van der Waals surface area contributed by atoms with Gasteiger partial charge in [0.15, 0.2) is 11.6 Å². The van der Waals surface area contributed by atoms with Crippen LogP contribution >= 0.6 is 0 Å². The fourth-order valence-electron chi connectivity index (χ4n) is 3.55. The van der Waals surface area contributed by atoms with Crippen LogP contribution in [0, 0.1) is 18.6 Å². The monoisotopic (exact) mass is 422 g/mol. The number of carbonyl (C=O) groups is 1. The summed E-state index contributed by atoms with van der Waals surface area (Å²) in [6.07, 6.45) is -3.14. The van der Waals surface area contributed by atoms with Crippen molar-refractivity contribution in [1.29, 1.82) is 0 Å². The third-order valence-corrected chi connectivity index (χ3v) is 4.85. The van der Waals surface area contributed by atoms with Gasteiger partial charge in [0.1, 0.15) is 0 Å². The van der Waals surface area contributed by atoms with Gasteiger partial charge in [0.05, 0.1) is 28.2 Å². The van der Waals surface area contributed by atoms with Gasteiger partial charge in [-0.1, -0.05) is 0 Å². The number of alkyl halides is 3. The number of fused-ring (bicyclic) bond motifs is 1. The van der Waals surface area contributed by atoms with E-state index in [4.69, 9.17) is 0 Å². The fourth-order valence-corrected chi connectivity index (χ4v) is 3.55. The number of nitrogens with zero attached hydrogens (tertiary/aromatic N) is 3. The molecule has 0 saturated carbocycles. The van der Waals surface area contributed by atoms with Crippen LogP contribution in [0.25, 0.3) is 5.69 Å². The fraction of sp³-hybridized carbons (Fsp3) is 0.250. The lowest BCUT2D eigenvalue weighted by Crippen LogP contribution is -2.32. The molecule has 0 bridgehead atoms. The minimum absolute atomic E-state index is 0.0658. The number of nitrogens with one attached hydrogen (secondary N) is 1. The normalized spacial score (nSPS) is 13.9. The molecule has 1 aliphatic rings. The van der Waals surface area contributed by atoms with E-state index < -0.39 is 23.4 Å². The summed E-state index contributed by atoms with van der Waals surface area (Å²) in [5.41, 5.74) is 0.957. The molecule has 156 valence electrons. The first-order valence-corrected chi connectivity index (χ1v) is 9.02. The highest BCUT2D eigenvalue weighted by Crippen LogP contribution is 2.33. The average molecular weight is 422 g/mol. The Hall–Kier alpha value is -3.30. The van der Waals surface area contributed by atoms with E-state index in [-0.39, 0.29) is 17.9 Å². The van der Waals surface area contributed by atoms with Crippen LogP contribution in [-0.4, -0.2) is 27.2 Å². The number of hydrogen-bond donors (Lipinski definition) is 1. The third kappa shape index (κ3) is 3.53. The van der Waals surface area contributed by atoms with Crippen molar-refractivity contribution in [3.05, 3.63) is 75.9 Å². The van der Waals surface area contributed by atoms with Gasteiger partial charge >= 0.3 is 6.18 Å². The van der Waals surface area contributed by atoms with Crippen molar-refractivity contribution in [1.82, 2.24) is 20.1 Å². The average Bonchev–Trinajstić information content (AvgIpc) is 3.02. The van der Waals surface area contributed by atoms with E-state index in [1.165, 1.54) is 6.20 Å². The van der Waals surface area contributed by atoms with E-state index >= 15 is 0 Å². The summed E-state index contributed by atoms with van der Waals surface area (Å²) >= 11 is 0. The Morgan fingerprint density at radius 1 is 1.20 bits per heavy atom. The van der Waals surface area contributed by atoms with Gasteiger partial charge in [0.25, 0.3) is 5.91 Å². The summed E-state index contributed by atoms with van der Waals surface area (Å²) in [4.78, 5) is 16.2. The van der Waals surface area contributed by atoms with Crippen LogP contribution in [0.2, 0.25) is 0 Å². The van der Waals surface area contributed by atoms with Crippen LogP contribution < -0.4 is 5.32 Å². The second kappa shape index (κ2) is 7.19. The minimum atomic E-state index is -5.01. The van der Waals surface area contributed by atoms with E-state index in [2.05, 4.69) is 15.4 Å². The minimum Gasteiger partial charge on any atom is -0.352 e. The van der Waals surface area contributed by atoms with Crippen LogP contribution in [0.1, 0.15) is 38.6 Å². The highest BCUT2D eigenvalue weighted by molar-refractivity contribution is 5.97. The van der Waals surface area contributed by atoms with Crippen molar-refractivity contribution in [2.24, 2.45) is 0 Å². The van der Waals surface area contributed by atoms with Crippen molar-refractivity contribution in [3.8, 4) is 5.69 Å². The summed E-state index contributed by atoms with van der Waals surface area (Å²) in [6, 6.07) is 4.54. The Morgan fingerprint density at radius 3 is 2.70 bits per heavy atom. The van der Waals surface area contributed by atoms with E-state index in [0.29, 0.717) is 41.7 Å². The first kappa shape index (κ1) is 20.0. The van der Waals surface area contributed by atoms with Crippen LogP contribution in [0.4, 0.5) is 22.0 Å². The molecule has 1 N–H and O–H groups in total. The highest BCUT2D eigenvalue weighted by atomic mass is 19.4. The number of hydrogen-bond acceptors (Lipinski definition) is 3. The molecule has 3 aromatic rings. The van der Waals surface area contributed by atoms with Crippen molar-refractivity contribution in [2.45, 2.75) is 25.9 Å². The molecule has 1 aliphatic heterocycles. The second-order valence-electron chi connectivity index (χ2n) is 6.94. The molecular weight excluding hydrogens is 407 g/mol. The molecule has 10 heteroatoms. The topological polar surface area (TPSA) is 59.8 Å². The lowest BCUT2D eigenvalue weighted by molar-refractivity contribution is -0.140. The summed E-state index contributed by atoms with van der Waals surface area (Å²) < 4.78 is 67.7. The van der Waals surface area contributed by atoms with E-state index in [0.717, 1.165) is 11.8 Å². The largest absolute Gasteiger partial charge is 0.419 e. The van der Waals surface area contributed by atoms with Gasteiger partial charge in [0, 0.05) is 31.3 Å². The van der Waals surface area contributed by atoms with Crippen LogP contribution in [0.15, 0.2) is 30.5 Å². The van der Waals surface area contributed by atoms with Gasteiger partial charge in [-0.3, -0.25) is 9.78 Å². The lowest BCUT2D eigenvalue weighted by Gasteiger charge is -2.15. The van der Waals surface area contributed by atoms with Crippen molar-refractivity contribution in [3.63, 3.8) is 0 Å². The molecular formula is C20H15F5N4O. The van der Waals surface area contributed by atoms with E-state index in [9.17, 15) is 26.7 Å². The molecule has 3 heterocycles.